The third kappa shape index (κ3) is 5.59. The van der Waals surface area contributed by atoms with Crippen LogP contribution >= 0.6 is 0 Å². The van der Waals surface area contributed by atoms with Gasteiger partial charge in [-0.05, 0) is 75.5 Å². The summed E-state index contributed by atoms with van der Waals surface area (Å²) in [5, 5.41) is 20.8. The Morgan fingerprint density at radius 2 is 2.00 bits per heavy atom. The van der Waals surface area contributed by atoms with Gasteiger partial charge in [-0.2, -0.15) is 0 Å². The van der Waals surface area contributed by atoms with Crippen LogP contribution in [0.5, 0.6) is 0 Å². The van der Waals surface area contributed by atoms with Gasteiger partial charge >= 0.3 is 5.97 Å². The third-order valence-electron chi connectivity index (χ3n) is 4.33. The average Bonchev–Trinajstić information content (AvgIpc) is 2.57. The maximum absolute atomic E-state index is 11.3. The monoisotopic (exact) mass is 356 g/mol. The second kappa shape index (κ2) is 9.38. The van der Waals surface area contributed by atoms with E-state index < -0.39 is 11.7 Å². The van der Waals surface area contributed by atoms with Gasteiger partial charge in [0.1, 0.15) is 0 Å². The van der Waals surface area contributed by atoms with Crippen molar-refractivity contribution in [2.45, 2.75) is 53.2 Å². The molecule has 0 saturated carbocycles. The first-order valence-corrected chi connectivity index (χ1v) is 8.62. The van der Waals surface area contributed by atoms with Gasteiger partial charge in [0.2, 0.25) is 0 Å². The molecule has 1 aliphatic rings. The SMILES string of the molecule is CCOC(=O)/C=C(C)/C=C/C=C(\C)C#CC1(O)C(C)=CC(O)C(C)=C1C. The summed E-state index contributed by atoms with van der Waals surface area (Å²) < 4.78 is 4.85. The second-order valence-corrected chi connectivity index (χ2v) is 6.41. The summed E-state index contributed by atoms with van der Waals surface area (Å²) in [6.07, 6.45) is 7.76. The number of esters is 1. The number of hydrogen-bond acceptors (Lipinski definition) is 4. The highest BCUT2D eigenvalue weighted by Crippen LogP contribution is 2.33. The number of aliphatic hydroxyl groups excluding tert-OH is 1. The summed E-state index contributed by atoms with van der Waals surface area (Å²) in [6, 6.07) is 0. The molecule has 2 unspecified atom stereocenters. The van der Waals surface area contributed by atoms with Crippen LogP contribution in [-0.4, -0.2) is 34.5 Å². The highest BCUT2D eigenvalue weighted by molar-refractivity contribution is 5.83. The van der Waals surface area contributed by atoms with Gasteiger partial charge in [0.25, 0.3) is 0 Å². The zero-order valence-corrected chi connectivity index (χ0v) is 16.4. The highest BCUT2D eigenvalue weighted by atomic mass is 16.5. The average molecular weight is 356 g/mol. The van der Waals surface area contributed by atoms with E-state index in [4.69, 9.17) is 4.74 Å². The van der Waals surface area contributed by atoms with Crippen LogP contribution in [-0.2, 0) is 9.53 Å². The van der Waals surface area contributed by atoms with Crippen LogP contribution in [0, 0.1) is 11.8 Å². The number of hydrogen-bond donors (Lipinski definition) is 2. The Morgan fingerprint density at radius 1 is 1.35 bits per heavy atom. The molecule has 0 saturated heterocycles. The summed E-state index contributed by atoms with van der Waals surface area (Å²) in [4.78, 5) is 11.3. The van der Waals surface area contributed by atoms with Gasteiger partial charge in [0.15, 0.2) is 5.60 Å². The van der Waals surface area contributed by atoms with Crippen LogP contribution in [0.15, 0.2) is 58.2 Å². The van der Waals surface area contributed by atoms with Gasteiger partial charge < -0.3 is 14.9 Å². The Kier molecular flexibility index (Phi) is 7.82. The zero-order valence-electron chi connectivity index (χ0n) is 16.4. The summed E-state index contributed by atoms with van der Waals surface area (Å²) in [5.74, 6) is 5.51. The van der Waals surface area contributed by atoms with Gasteiger partial charge in [0.05, 0.1) is 12.7 Å². The minimum Gasteiger partial charge on any atom is -0.463 e. The molecule has 0 spiro atoms. The molecule has 0 aliphatic heterocycles. The molecule has 140 valence electrons. The molecule has 4 nitrogen and oxygen atoms in total. The van der Waals surface area contributed by atoms with Crippen molar-refractivity contribution in [1.82, 2.24) is 0 Å². The van der Waals surface area contributed by atoms with E-state index in [0.717, 1.165) is 11.1 Å². The Hall–Kier alpha value is -2.35. The number of carbonyl (C=O) groups is 1. The topological polar surface area (TPSA) is 66.8 Å². The van der Waals surface area contributed by atoms with E-state index in [1.54, 1.807) is 45.9 Å². The third-order valence-corrected chi connectivity index (χ3v) is 4.33. The highest BCUT2D eigenvalue weighted by Gasteiger charge is 2.35. The molecule has 0 radical (unpaired) electrons. The molecule has 2 atom stereocenters. The number of allylic oxidation sites excluding steroid dienone is 5. The number of aliphatic hydroxyl groups is 2. The predicted molar refractivity (Wildman–Crippen MR) is 104 cm³/mol. The molecular formula is C22H28O4. The number of rotatable bonds is 4. The fourth-order valence-electron chi connectivity index (χ4n) is 2.47. The van der Waals surface area contributed by atoms with Crippen LogP contribution in [0.2, 0.25) is 0 Å². The normalized spacial score (nSPS) is 24.3. The van der Waals surface area contributed by atoms with E-state index in [9.17, 15) is 15.0 Å². The van der Waals surface area contributed by atoms with E-state index in [0.29, 0.717) is 23.3 Å². The summed E-state index contributed by atoms with van der Waals surface area (Å²) in [5.41, 5.74) is 2.18. The Morgan fingerprint density at radius 3 is 2.62 bits per heavy atom. The number of carbonyl (C=O) groups excluding carboxylic acids is 1. The smallest absolute Gasteiger partial charge is 0.330 e. The first-order chi connectivity index (χ1) is 12.1. The van der Waals surface area contributed by atoms with Crippen LogP contribution in [0.25, 0.3) is 0 Å². The fraction of sp³-hybridized carbons (Fsp3) is 0.409. The van der Waals surface area contributed by atoms with Crippen LogP contribution in [0.1, 0.15) is 41.5 Å². The molecule has 0 heterocycles. The lowest BCUT2D eigenvalue weighted by Crippen LogP contribution is -2.36. The predicted octanol–water partition coefficient (Wildman–Crippen LogP) is 3.39. The second-order valence-electron chi connectivity index (χ2n) is 6.41. The lowest BCUT2D eigenvalue weighted by molar-refractivity contribution is -0.137. The molecule has 1 rings (SSSR count). The zero-order chi connectivity index (χ0) is 19.9. The lowest BCUT2D eigenvalue weighted by atomic mass is 9.79. The van der Waals surface area contributed by atoms with Gasteiger partial charge in [-0.25, -0.2) is 4.79 Å². The Bertz CT molecular complexity index is 766. The van der Waals surface area contributed by atoms with Gasteiger partial charge in [-0.1, -0.05) is 30.1 Å². The van der Waals surface area contributed by atoms with E-state index in [-0.39, 0.29) is 5.97 Å². The Labute approximate surface area is 156 Å². The summed E-state index contributed by atoms with van der Waals surface area (Å²) in [7, 11) is 0. The van der Waals surface area contributed by atoms with E-state index in [1.807, 2.05) is 19.9 Å². The molecule has 1 aliphatic carbocycles. The molecule has 0 fully saturated rings. The van der Waals surface area contributed by atoms with Gasteiger partial charge in [-0.3, -0.25) is 0 Å². The van der Waals surface area contributed by atoms with Crippen molar-refractivity contribution in [3.05, 3.63) is 58.2 Å². The van der Waals surface area contributed by atoms with Crippen molar-refractivity contribution in [2.75, 3.05) is 6.61 Å². The van der Waals surface area contributed by atoms with Crippen molar-refractivity contribution in [3.63, 3.8) is 0 Å². The van der Waals surface area contributed by atoms with Crippen LogP contribution in [0.3, 0.4) is 0 Å². The first kappa shape index (κ1) is 21.7. The Balaban J connectivity index is 2.93. The van der Waals surface area contributed by atoms with Crippen molar-refractivity contribution < 1.29 is 19.7 Å². The van der Waals surface area contributed by atoms with Gasteiger partial charge in [-0.15, -0.1) is 0 Å². The molecule has 0 bridgehead atoms. The van der Waals surface area contributed by atoms with Crippen molar-refractivity contribution in [3.8, 4) is 11.8 Å². The first-order valence-electron chi connectivity index (χ1n) is 8.62. The lowest BCUT2D eigenvalue weighted by Gasteiger charge is -2.32. The maximum atomic E-state index is 11.3. The molecule has 0 aromatic rings. The van der Waals surface area contributed by atoms with E-state index in [2.05, 4.69) is 11.8 Å². The van der Waals surface area contributed by atoms with Crippen molar-refractivity contribution in [1.29, 1.82) is 0 Å². The summed E-state index contributed by atoms with van der Waals surface area (Å²) >= 11 is 0. The van der Waals surface area contributed by atoms with Crippen LogP contribution in [0.4, 0.5) is 0 Å². The maximum Gasteiger partial charge on any atom is 0.330 e. The minimum absolute atomic E-state index is 0.349. The minimum atomic E-state index is -1.36. The molecule has 4 heteroatoms. The largest absolute Gasteiger partial charge is 0.463 e. The molecule has 0 aromatic heterocycles. The van der Waals surface area contributed by atoms with E-state index in [1.165, 1.54) is 6.08 Å². The molecule has 26 heavy (non-hydrogen) atoms. The number of ether oxygens (including phenoxy) is 1. The van der Waals surface area contributed by atoms with Crippen LogP contribution < -0.4 is 0 Å². The van der Waals surface area contributed by atoms with Crippen molar-refractivity contribution >= 4 is 5.97 Å². The summed E-state index contributed by atoms with van der Waals surface area (Å²) in [6.45, 7) is 11.1. The van der Waals surface area contributed by atoms with E-state index >= 15 is 0 Å². The standard InChI is InChI=1S/C22H28O4/c1-7-26-21(24)13-16(3)10-8-9-15(2)11-12-22(25)17(4)14-20(23)18(5)19(22)6/h8-10,13-14,20,23,25H,7H2,1-6H3/b10-8+,15-9+,16-13+. The fourth-order valence-corrected chi connectivity index (χ4v) is 2.47. The molecule has 0 amide bonds. The van der Waals surface area contributed by atoms with Gasteiger partial charge in [0, 0.05) is 6.08 Å². The molecule has 2 N–H and O–H groups in total. The molecule has 0 aromatic carbocycles. The van der Waals surface area contributed by atoms with Crippen molar-refractivity contribution in [2.24, 2.45) is 0 Å². The molecular weight excluding hydrogens is 328 g/mol. The quantitative estimate of drug-likeness (QED) is 0.266.